The largest absolute Gasteiger partial charge is 0.457 e. The van der Waals surface area contributed by atoms with Crippen LogP contribution in [0.3, 0.4) is 0 Å². The highest BCUT2D eigenvalue weighted by Gasteiger charge is 2.77. The quantitative estimate of drug-likeness (QED) is 0.645. The number of ether oxygens (including phenoxy) is 1. The molecule has 1 heterocycles. The van der Waals surface area contributed by atoms with Crippen LogP contribution in [-0.2, 0) is 19.1 Å². The molecule has 23 heavy (non-hydrogen) atoms. The van der Waals surface area contributed by atoms with Gasteiger partial charge >= 0.3 is 5.97 Å². The van der Waals surface area contributed by atoms with E-state index in [0.717, 1.165) is 32.1 Å². The predicted molar refractivity (Wildman–Crippen MR) is 81.4 cm³/mol. The van der Waals surface area contributed by atoms with Crippen molar-refractivity contribution in [1.82, 2.24) is 0 Å². The smallest absolute Gasteiger partial charge is 0.317 e. The second-order valence-electron chi connectivity index (χ2n) is 8.90. The van der Waals surface area contributed by atoms with Crippen LogP contribution >= 0.6 is 0 Å². The van der Waals surface area contributed by atoms with Crippen molar-refractivity contribution in [2.75, 3.05) is 0 Å². The maximum atomic E-state index is 12.6. The summed E-state index contributed by atoms with van der Waals surface area (Å²) in [6.07, 6.45) is 7.06. The highest BCUT2D eigenvalue weighted by Crippen LogP contribution is 2.71. The molecule has 0 aromatic heterocycles. The fraction of sp³-hybridized carbons (Fsp3) is 0.842. The zero-order valence-electron chi connectivity index (χ0n) is 13.7. The van der Waals surface area contributed by atoms with E-state index in [9.17, 15) is 14.4 Å². The van der Waals surface area contributed by atoms with Gasteiger partial charge in [0.1, 0.15) is 22.6 Å². The average Bonchev–Trinajstić information content (AvgIpc) is 2.81. The number of rotatable bonds is 0. The van der Waals surface area contributed by atoms with E-state index >= 15 is 0 Å². The molecule has 4 saturated carbocycles. The van der Waals surface area contributed by atoms with Crippen molar-refractivity contribution >= 4 is 17.5 Å². The molecule has 124 valence electrons. The molecule has 5 aliphatic rings. The predicted octanol–water partition coefficient (Wildman–Crippen LogP) is 2.83. The molecule has 0 N–H and O–H groups in total. The molecular formula is C19H24O4. The number of Topliss-reactive ketones (excluding diaryl/α,β-unsaturated/α-hetero) is 2. The molecule has 1 saturated heterocycles. The standard InChI is InChI=1S/C19H24O4/c1-17-7-6-14-12(13(17)2-3-15(17)21)5-8-18-10-11(20)4-9-19(14,18)16(22)23-18/h12-14H,2-10H2,1H3/t12-,13-,14-,17-,18?,19+/m1/s1. The number of fused-ring (bicyclic) bond motifs is 3. The topological polar surface area (TPSA) is 60.4 Å². The molecule has 4 heteroatoms. The molecule has 0 aromatic carbocycles. The van der Waals surface area contributed by atoms with Crippen molar-refractivity contribution in [3.05, 3.63) is 0 Å². The van der Waals surface area contributed by atoms with Crippen molar-refractivity contribution < 1.29 is 19.1 Å². The van der Waals surface area contributed by atoms with Gasteiger partial charge in [0.25, 0.3) is 0 Å². The first-order valence-corrected chi connectivity index (χ1v) is 9.21. The van der Waals surface area contributed by atoms with Gasteiger partial charge in [-0.3, -0.25) is 14.4 Å². The Balaban J connectivity index is 1.56. The van der Waals surface area contributed by atoms with E-state index < -0.39 is 11.0 Å². The van der Waals surface area contributed by atoms with Crippen LogP contribution in [0.2, 0.25) is 0 Å². The average molecular weight is 316 g/mol. The van der Waals surface area contributed by atoms with Gasteiger partial charge in [0.05, 0.1) is 0 Å². The zero-order valence-corrected chi connectivity index (χ0v) is 13.7. The molecule has 5 fully saturated rings. The van der Waals surface area contributed by atoms with Crippen LogP contribution in [0.5, 0.6) is 0 Å². The van der Waals surface area contributed by atoms with E-state index in [1.165, 1.54) is 0 Å². The molecule has 5 rings (SSSR count). The van der Waals surface area contributed by atoms with Crippen molar-refractivity contribution in [3.8, 4) is 0 Å². The lowest BCUT2D eigenvalue weighted by atomic mass is 9.41. The van der Waals surface area contributed by atoms with E-state index in [2.05, 4.69) is 6.92 Å². The fourth-order valence-corrected chi connectivity index (χ4v) is 7.28. The minimum absolute atomic E-state index is 0.0485. The van der Waals surface area contributed by atoms with Gasteiger partial charge in [-0.25, -0.2) is 0 Å². The number of carbonyl (C=O) groups is 3. The van der Waals surface area contributed by atoms with Crippen LogP contribution in [0.25, 0.3) is 0 Å². The van der Waals surface area contributed by atoms with Gasteiger partial charge in [-0.05, 0) is 56.3 Å². The summed E-state index contributed by atoms with van der Waals surface area (Å²) in [4.78, 5) is 37.0. The summed E-state index contributed by atoms with van der Waals surface area (Å²) in [6, 6.07) is 0. The Morgan fingerprint density at radius 1 is 0.957 bits per heavy atom. The fourth-order valence-electron chi connectivity index (χ4n) is 7.28. The summed E-state index contributed by atoms with van der Waals surface area (Å²) in [7, 11) is 0. The van der Waals surface area contributed by atoms with Crippen LogP contribution in [0.4, 0.5) is 0 Å². The van der Waals surface area contributed by atoms with Crippen LogP contribution < -0.4 is 0 Å². The monoisotopic (exact) mass is 316 g/mol. The molecule has 0 radical (unpaired) electrons. The third kappa shape index (κ3) is 1.39. The van der Waals surface area contributed by atoms with E-state index in [0.29, 0.717) is 49.2 Å². The normalized spacial score (nSPS) is 54.3. The molecule has 6 atom stereocenters. The highest BCUT2D eigenvalue weighted by molar-refractivity contribution is 5.93. The molecule has 0 spiro atoms. The van der Waals surface area contributed by atoms with Crippen molar-refractivity contribution in [3.63, 3.8) is 0 Å². The van der Waals surface area contributed by atoms with Gasteiger partial charge in [0.2, 0.25) is 0 Å². The Morgan fingerprint density at radius 3 is 2.57 bits per heavy atom. The van der Waals surface area contributed by atoms with Gasteiger partial charge in [0.15, 0.2) is 0 Å². The highest BCUT2D eigenvalue weighted by atomic mass is 16.6. The molecule has 1 aliphatic heterocycles. The van der Waals surface area contributed by atoms with Crippen LogP contribution in [0.15, 0.2) is 0 Å². The first-order valence-electron chi connectivity index (χ1n) is 9.21. The Kier molecular flexibility index (Phi) is 2.51. The van der Waals surface area contributed by atoms with Gasteiger partial charge in [0, 0.05) is 24.7 Å². The van der Waals surface area contributed by atoms with Crippen LogP contribution in [0, 0.1) is 28.6 Å². The van der Waals surface area contributed by atoms with E-state index in [1.807, 2.05) is 0 Å². The maximum absolute atomic E-state index is 12.6. The Morgan fingerprint density at radius 2 is 1.78 bits per heavy atom. The van der Waals surface area contributed by atoms with Gasteiger partial charge in [-0.2, -0.15) is 0 Å². The lowest BCUT2D eigenvalue weighted by Crippen LogP contribution is -2.76. The molecular weight excluding hydrogens is 292 g/mol. The molecule has 0 amide bonds. The third-order valence-corrected chi connectivity index (χ3v) is 8.41. The summed E-state index contributed by atoms with van der Waals surface area (Å²) in [5.41, 5.74) is -1.05. The lowest BCUT2D eigenvalue weighted by molar-refractivity contribution is -0.292. The second kappa shape index (κ2) is 4.07. The summed E-state index contributed by atoms with van der Waals surface area (Å²) < 4.78 is 5.68. The molecule has 4 aliphatic carbocycles. The number of carbonyl (C=O) groups excluding carboxylic acids is 3. The number of hydrogen-bond acceptors (Lipinski definition) is 4. The van der Waals surface area contributed by atoms with Gasteiger partial charge in [-0.1, -0.05) is 6.92 Å². The van der Waals surface area contributed by atoms with Gasteiger partial charge < -0.3 is 4.74 Å². The molecule has 1 unspecified atom stereocenters. The van der Waals surface area contributed by atoms with E-state index in [1.54, 1.807) is 0 Å². The lowest BCUT2D eigenvalue weighted by Gasteiger charge is -2.68. The van der Waals surface area contributed by atoms with E-state index in [-0.39, 0.29) is 17.2 Å². The minimum atomic E-state index is -0.489. The van der Waals surface area contributed by atoms with Crippen LogP contribution in [0.1, 0.15) is 64.7 Å². The Hall–Kier alpha value is -1.19. The third-order valence-electron chi connectivity index (χ3n) is 8.41. The molecule has 4 nitrogen and oxygen atoms in total. The Labute approximate surface area is 136 Å². The van der Waals surface area contributed by atoms with Crippen LogP contribution in [-0.4, -0.2) is 23.1 Å². The first-order chi connectivity index (χ1) is 10.9. The Bertz CT molecular complexity index is 639. The number of esters is 1. The second-order valence-corrected chi connectivity index (χ2v) is 8.90. The summed E-state index contributed by atoms with van der Waals surface area (Å²) >= 11 is 0. The minimum Gasteiger partial charge on any atom is -0.457 e. The maximum Gasteiger partial charge on any atom is 0.317 e. The zero-order chi connectivity index (χ0) is 16.0. The summed E-state index contributed by atoms with van der Waals surface area (Å²) in [5, 5.41) is 0. The number of hydrogen-bond donors (Lipinski definition) is 0. The van der Waals surface area contributed by atoms with Crippen molar-refractivity contribution in [2.24, 2.45) is 28.6 Å². The summed E-state index contributed by atoms with van der Waals surface area (Å²) in [6.45, 7) is 2.16. The molecule has 0 bridgehead atoms. The van der Waals surface area contributed by atoms with E-state index in [4.69, 9.17) is 4.74 Å². The van der Waals surface area contributed by atoms with Crippen molar-refractivity contribution in [2.45, 2.75) is 70.3 Å². The van der Waals surface area contributed by atoms with Crippen molar-refractivity contribution in [1.29, 1.82) is 0 Å². The SMILES string of the molecule is C[C@@]12CC[C@@H]3[C@H](CCC45CC(=O)CC[C@@]34C(=O)O5)[C@H]1CCC2=O. The number of ketones is 2. The van der Waals surface area contributed by atoms with Gasteiger partial charge in [-0.15, -0.1) is 0 Å². The molecule has 0 aromatic rings. The first kappa shape index (κ1) is 14.2. The summed E-state index contributed by atoms with van der Waals surface area (Å²) in [5.74, 6) is 1.87.